The first-order valence-corrected chi connectivity index (χ1v) is 10.3. The standard InChI is InChI=1S/C22H24FN3O2S.ClH/c1-25(2)13-6-14-26(21(27)15-28-19-7-4-3-5-8-19)22-24-20(16-29-22)17-9-11-18(23)12-10-17;/h3-5,7-12,16H,6,13-15H2,1-2H3;1H. The molecule has 0 aliphatic rings. The summed E-state index contributed by atoms with van der Waals surface area (Å²) in [7, 11) is 4.00. The molecule has 0 N–H and O–H groups in total. The summed E-state index contributed by atoms with van der Waals surface area (Å²) in [6.07, 6.45) is 0.815. The summed E-state index contributed by atoms with van der Waals surface area (Å²) in [6.45, 7) is 1.35. The van der Waals surface area contributed by atoms with Gasteiger partial charge in [-0.3, -0.25) is 9.69 Å². The summed E-state index contributed by atoms with van der Waals surface area (Å²) in [5.41, 5.74) is 1.54. The minimum absolute atomic E-state index is 0. The molecule has 0 saturated heterocycles. The lowest BCUT2D eigenvalue weighted by Crippen LogP contribution is -2.36. The van der Waals surface area contributed by atoms with Crippen molar-refractivity contribution in [3.63, 3.8) is 0 Å². The molecule has 0 radical (unpaired) electrons. The molecule has 3 aromatic rings. The van der Waals surface area contributed by atoms with Crippen LogP contribution in [0.2, 0.25) is 0 Å². The van der Waals surface area contributed by atoms with Gasteiger partial charge in [-0.25, -0.2) is 9.37 Å². The molecule has 5 nitrogen and oxygen atoms in total. The number of benzene rings is 2. The summed E-state index contributed by atoms with van der Waals surface area (Å²) < 4.78 is 18.8. The van der Waals surface area contributed by atoms with Crippen LogP contribution in [0.1, 0.15) is 6.42 Å². The number of carbonyl (C=O) groups excluding carboxylic acids is 1. The van der Waals surface area contributed by atoms with Crippen molar-refractivity contribution in [3.05, 3.63) is 65.8 Å². The second kappa shape index (κ2) is 11.6. The molecule has 0 saturated carbocycles. The van der Waals surface area contributed by atoms with Gasteiger partial charge in [0.25, 0.3) is 5.91 Å². The van der Waals surface area contributed by atoms with E-state index in [0.29, 0.717) is 17.4 Å². The lowest BCUT2D eigenvalue weighted by molar-refractivity contribution is -0.120. The Morgan fingerprint density at radius 2 is 1.77 bits per heavy atom. The van der Waals surface area contributed by atoms with Crippen LogP contribution in [-0.2, 0) is 4.79 Å². The molecule has 0 bridgehead atoms. The third-order valence-corrected chi connectivity index (χ3v) is 5.12. The van der Waals surface area contributed by atoms with Crippen LogP contribution in [0.5, 0.6) is 5.75 Å². The highest BCUT2D eigenvalue weighted by Gasteiger charge is 2.20. The van der Waals surface area contributed by atoms with Gasteiger partial charge in [-0.1, -0.05) is 18.2 Å². The number of carbonyl (C=O) groups is 1. The van der Waals surface area contributed by atoms with Gasteiger partial charge in [-0.05, 0) is 63.5 Å². The largest absolute Gasteiger partial charge is 0.484 e. The predicted octanol–water partition coefficient (Wildman–Crippen LogP) is 4.73. The second-order valence-electron chi connectivity index (χ2n) is 6.83. The van der Waals surface area contributed by atoms with Crippen molar-refractivity contribution in [2.24, 2.45) is 0 Å². The van der Waals surface area contributed by atoms with Crippen molar-refractivity contribution in [1.82, 2.24) is 9.88 Å². The Balaban J connectivity index is 0.00000320. The first kappa shape index (κ1) is 23.8. The Morgan fingerprint density at radius 3 is 2.43 bits per heavy atom. The van der Waals surface area contributed by atoms with Crippen molar-refractivity contribution in [2.75, 3.05) is 38.7 Å². The SMILES string of the molecule is CN(C)CCCN(C(=O)COc1ccccc1)c1nc(-c2ccc(F)cc2)cs1.Cl. The van der Waals surface area contributed by atoms with E-state index in [0.717, 1.165) is 24.2 Å². The number of hydrogen-bond donors (Lipinski definition) is 0. The van der Waals surface area contributed by atoms with E-state index >= 15 is 0 Å². The van der Waals surface area contributed by atoms with Crippen LogP contribution in [0.4, 0.5) is 9.52 Å². The summed E-state index contributed by atoms with van der Waals surface area (Å²) in [6, 6.07) is 15.4. The molecule has 3 rings (SSSR count). The third-order valence-electron chi connectivity index (χ3n) is 4.26. The minimum Gasteiger partial charge on any atom is -0.484 e. The zero-order valence-electron chi connectivity index (χ0n) is 17.0. The van der Waals surface area contributed by atoms with Crippen molar-refractivity contribution in [2.45, 2.75) is 6.42 Å². The molecule has 8 heteroatoms. The number of thiazole rings is 1. The second-order valence-corrected chi connectivity index (χ2v) is 7.66. The topological polar surface area (TPSA) is 45.7 Å². The van der Waals surface area contributed by atoms with E-state index in [-0.39, 0.29) is 30.7 Å². The van der Waals surface area contributed by atoms with Crippen LogP contribution in [0.3, 0.4) is 0 Å². The number of anilines is 1. The van der Waals surface area contributed by atoms with Gasteiger partial charge in [0.1, 0.15) is 11.6 Å². The number of rotatable bonds is 9. The van der Waals surface area contributed by atoms with E-state index in [4.69, 9.17) is 4.74 Å². The Morgan fingerprint density at radius 1 is 1.07 bits per heavy atom. The van der Waals surface area contributed by atoms with Gasteiger partial charge >= 0.3 is 0 Å². The molecule has 30 heavy (non-hydrogen) atoms. The van der Waals surface area contributed by atoms with Gasteiger partial charge in [0.15, 0.2) is 11.7 Å². The van der Waals surface area contributed by atoms with E-state index in [9.17, 15) is 9.18 Å². The number of aromatic nitrogens is 1. The Bertz CT molecular complexity index is 920. The lowest BCUT2D eigenvalue weighted by atomic mass is 10.2. The molecule has 0 aliphatic carbocycles. The zero-order chi connectivity index (χ0) is 20.6. The van der Waals surface area contributed by atoms with Crippen LogP contribution < -0.4 is 9.64 Å². The molecule has 1 heterocycles. The quantitative estimate of drug-likeness (QED) is 0.473. The van der Waals surface area contributed by atoms with Gasteiger partial charge in [0, 0.05) is 17.5 Å². The van der Waals surface area contributed by atoms with Crippen molar-refractivity contribution >= 4 is 34.8 Å². The summed E-state index contributed by atoms with van der Waals surface area (Å²) in [4.78, 5) is 21.3. The summed E-state index contributed by atoms with van der Waals surface area (Å²) in [5, 5.41) is 2.50. The number of hydrogen-bond acceptors (Lipinski definition) is 5. The third kappa shape index (κ3) is 6.79. The first-order chi connectivity index (χ1) is 14.0. The highest BCUT2D eigenvalue weighted by atomic mass is 35.5. The van der Waals surface area contributed by atoms with Crippen molar-refractivity contribution in [3.8, 4) is 17.0 Å². The number of halogens is 2. The molecule has 160 valence electrons. The lowest BCUT2D eigenvalue weighted by Gasteiger charge is -2.21. The maximum atomic E-state index is 13.2. The maximum Gasteiger partial charge on any atom is 0.266 e. The fourth-order valence-electron chi connectivity index (χ4n) is 2.75. The molecule has 0 unspecified atom stereocenters. The minimum atomic E-state index is -0.289. The van der Waals surface area contributed by atoms with Crippen molar-refractivity contribution in [1.29, 1.82) is 0 Å². The van der Waals surface area contributed by atoms with E-state index in [2.05, 4.69) is 9.88 Å². The van der Waals surface area contributed by atoms with Gasteiger partial charge < -0.3 is 9.64 Å². The van der Waals surface area contributed by atoms with E-state index < -0.39 is 0 Å². The smallest absolute Gasteiger partial charge is 0.266 e. The normalized spacial score (nSPS) is 10.5. The molecular weight excluding hydrogens is 425 g/mol. The fourth-order valence-corrected chi connectivity index (χ4v) is 3.63. The molecule has 0 spiro atoms. The summed E-state index contributed by atoms with van der Waals surface area (Å²) >= 11 is 1.40. The predicted molar refractivity (Wildman–Crippen MR) is 122 cm³/mol. The van der Waals surface area contributed by atoms with Gasteiger partial charge in [-0.15, -0.1) is 23.7 Å². The number of ether oxygens (including phenoxy) is 1. The highest BCUT2D eigenvalue weighted by Crippen LogP contribution is 2.28. The average molecular weight is 450 g/mol. The van der Waals surface area contributed by atoms with Crippen molar-refractivity contribution < 1.29 is 13.9 Å². The molecule has 0 aliphatic heterocycles. The highest BCUT2D eigenvalue weighted by molar-refractivity contribution is 7.14. The van der Waals surface area contributed by atoms with Crippen LogP contribution >= 0.6 is 23.7 Å². The molecule has 1 aromatic heterocycles. The molecule has 0 fully saturated rings. The van der Waals surface area contributed by atoms with Crippen LogP contribution in [-0.4, -0.2) is 49.6 Å². The molecule has 2 aromatic carbocycles. The Hall–Kier alpha value is -2.48. The molecule has 0 atom stereocenters. The number of para-hydroxylation sites is 1. The van der Waals surface area contributed by atoms with Gasteiger partial charge in [-0.2, -0.15) is 0 Å². The van der Waals surface area contributed by atoms with Gasteiger partial charge in [0.05, 0.1) is 5.69 Å². The van der Waals surface area contributed by atoms with E-state index in [1.54, 1.807) is 17.0 Å². The zero-order valence-corrected chi connectivity index (χ0v) is 18.6. The monoisotopic (exact) mass is 449 g/mol. The van der Waals surface area contributed by atoms with Crippen LogP contribution in [0, 0.1) is 5.82 Å². The average Bonchev–Trinajstić information content (AvgIpc) is 3.20. The van der Waals surface area contributed by atoms with Crippen LogP contribution in [0.15, 0.2) is 60.0 Å². The van der Waals surface area contributed by atoms with Crippen LogP contribution in [0.25, 0.3) is 11.3 Å². The van der Waals surface area contributed by atoms with E-state index in [1.165, 1.54) is 23.5 Å². The number of amides is 1. The fraction of sp³-hybridized carbons (Fsp3) is 0.273. The molecular formula is C22H25ClFN3O2S. The van der Waals surface area contributed by atoms with E-state index in [1.807, 2.05) is 49.8 Å². The Kier molecular flexibility index (Phi) is 9.23. The Labute approximate surface area is 186 Å². The van der Waals surface area contributed by atoms with Gasteiger partial charge in [0.2, 0.25) is 0 Å². The summed E-state index contributed by atoms with van der Waals surface area (Å²) in [5.74, 6) is 0.218. The first-order valence-electron chi connectivity index (χ1n) is 9.37. The molecule has 1 amide bonds. The maximum absolute atomic E-state index is 13.2. The number of nitrogens with zero attached hydrogens (tertiary/aromatic N) is 3.